The maximum Gasteiger partial charge on any atom is 0.0540 e. The molecule has 0 atom stereocenters. The van der Waals surface area contributed by atoms with Crippen LogP contribution in [0.3, 0.4) is 0 Å². The van der Waals surface area contributed by atoms with Crippen molar-refractivity contribution >= 4 is 97.1 Å². The van der Waals surface area contributed by atoms with Crippen molar-refractivity contribution in [2.24, 2.45) is 0 Å². The summed E-state index contributed by atoms with van der Waals surface area (Å²) >= 11 is 3.76. The van der Waals surface area contributed by atoms with E-state index in [1.807, 2.05) is 22.7 Å². The highest BCUT2D eigenvalue weighted by atomic mass is 32.1. The van der Waals surface area contributed by atoms with E-state index in [2.05, 4.69) is 459 Å². The minimum Gasteiger partial charge on any atom is -0.311 e. The van der Waals surface area contributed by atoms with Gasteiger partial charge in [-0.15, -0.1) is 22.7 Å². The summed E-state index contributed by atoms with van der Waals surface area (Å²) in [6.07, 6.45) is 0. The Kier molecular flexibility index (Phi) is 18.9. The van der Waals surface area contributed by atoms with E-state index in [-0.39, 0.29) is 0 Å². The van der Waals surface area contributed by atoms with E-state index < -0.39 is 0 Å². The first-order valence-electron chi connectivity index (χ1n) is 38.2. The molecule has 0 aliphatic heterocycles. The molecule has 0 fully saturated rings. The first-order chi connectivity index (χ1) is 55.5. The molecule has 2 aromatic heterocycles. The second-order valence-electron chi connectivity index (χ2n) is 28.3. The summed E-state index contributed by atoms with van der Waals surface area (Å²) < 4.78 is 5.24. The van der Waals surface area contributed by atoms with Crippen LogP contribution < -0.4 is 9.80 Å². The second-order valence-corrected chi connectivity index (χ2v) is 30.4. The monoisotopic (exact) mass is 1460 g/mol. The smallest absolute Gasteiger partial charge is 0.0540 e. The Labute approximate surface area is 662 Å². The second kappa shape index (κ2) is 30.9. The van der Waals surface area contributed by atoms with Crippen molar-refractivity contribution in [1.82, 2.24) is 0 Å². The van der Waals surface area contributed by atoms with Crippen LogP contribution in [0.15, 0.2) is 449 Å². The minimum atomic E-state index is 1.10. The number of para-hydroxylation sites is 2. The van der Waals surface area contributed by atoms with E-state index in [9.17, 15) is 0 Å². The lowest BCUT2D eigenvalue weighted by molar-refractivity contribution is 1.28. The van der Waals surface area contributed by atoms with Gasteiger partial charge >= 0.3 is 0 Å². The molecule has 0 aliphatic carbocycles. The Morgan fingerprint density at radius 1 is 0.143 bits per heavy atom. The van der Waals surface area contributed by atoms with Gasteiger partial charge < -0.3 is 9.80 Å². The summed E-state index contributed by atoms with van der Waals surface area (Å²) in [5.74, 6) is 0. The number of fused-ring (bicyclic) bond motifs is 6. The standard InChI is InChI=1S/2C54H37NS/c1-4-14-38(15-5-1)40-24-26-42(27-25-40)45-36-50(54-51(37-45)49-21-11-13-23-53(49)56-54)44-30-34-47(35-31-44)55(46-32-28-41(29-33-46)39-16-6-2-7-17-39)52-22-12-10-20-48(52)43-18-8-3-9-19-43;1-4-12-38(13-5-1)40-20-22-42(23-21-40)43-28-32-48(33-29-43)55(47-16-8-3-9-17-47)49-34-30-45(31-35-49)51-36-46(37-52-50-18-10-11-19-53(50)56-54(51)52)44-26-24-41(25-27-44)39-14-6-2-7-15-39/h2*1-37H. The predicted octanol–water partition coefficient (Wildman–Crippen LogP) is 31.7. The summed E-state index contributed by atoms with van der Waals surface area (Å²) in [4.78, 5) is 4.73. The maximum atomic E-state index is 2.39. The van der Waals surface area contributed by atoms with Crippen LogP contribution in [0.5, 0.6) is 0 Å². The molecule has 0 aliphatic rings. The Hall–Kier alpha value is -14.0. The number of hydrogen-bond acceptors (Lipinski definition) is 4. The van der Waals surface area contributed by atoms with E-state index in [0.29, 0.717) is 0 Å². The fourth-order valence-corrected chi connectivity index (χ4v) is 18.1. The number of nitrogens with zero attached hydrogens (tertiary/aromatic N) is 2. The van der Waals surface area contributed by atoms with Crippen LogP contribution in [0.2, 0.25) is 0 Å². The minimum absolute atomic E-state index is 1.10. The summed E-state index contributed by atoms with van der Waals surface area (Å²) in [5, 5.41) is 5.20. The number of thiophene rings is 2. The third-order valence-corrected chi connectivity index (χ3v) is 23.8. The van der Waals surface area contributed by atoms with Crippen molar-refractivity contribution < 1.29 is 0 Å². The summed E-state index contributed by atoms with van der Waals surface area (Å²) in [6.45, 7) is 0. The largest absolute Gasteiger partial charge is 0.311 e. The third kappa shape index (κ3) is 14.0. The van der Waals surface area contributed by atoms with Gasteiger partial charge in [0.2, 0.25) is 0 Å². The molecule has 20 rings (SSSR count). The van der Waals surface area contributed by atoms with Gasteiger partial charge in [-0.25, -0.2) is 0 Å². The zero-order chi connectivity index (χ0) is 74.5. The van der Waals surface area contributed by atoms with Gasteiger partial charge in [-0.2, -0.15) is 0 Å². The first kappa shape index (κ1) is 68.5. The molecule has 112 heavy (non-hydrogen) atoms. The maximum absolute atomic E-state index is 2.39. The number of anilines is 6. The highest BCUT2D eigenvalue weighted by Crippen LogP contribution is 2.48. The van der Waals surface area contributed by atoms with Gasteiger partial charge in [0.25, 0.3) is 0 Å². The Bertz CT molecular complexity index is 6630. The zero-order valence-corrected chi connectivity index (χ0v) is 63.1. The zero-order valence-electron chi connectivity index (χ0n) is 61.4. The highest BCUT2D eigenvalue weighted by Gasteiger charge is 2.22. The van der Waals surface area contributed by atoms with Crippen molar-refractivity contribution in [3.05, 3.63) is 449 Å². The molecule has 0 saturated carbocycles. The molecule has 0 saturated heterocycles. The van der Waals surface area contributed by atoms with Crippen molar-refractivity contribution in [1.29, 1.82) is 0 Å². The van der Waals surface area contributed by atoms with E-state index in [1.165, 1.54) is 152 Å². The average Bonchev–Trinajstić information content (AvgIpc) is 1.62. The topological polar surface area (TPSA) is 6.48 Å². The normalized spacial score (nSPS) is 11.2. The first-order valence-corrected chi connectivity index (χ1v) is 39.8. The molecule has 528 valence electrons. The molecule has 18 aromatic carbocycles. The quantitative estimate of drug-likeness (QED) is 0.0951. The van der Waals surface area contributed by atoms with Crippen molar-refractivity contribution in [2.75, 3.05) is 9.80 Å². The predicted molar refractivity (Wildman–Crippen MR) is 482 cm³/mol. The fourth-order valence-electron chi connectivity index (χ4n) is 15.7. The average molecular weight is 1460 g/mol. The summed E-state index contributed by atoms with van der Waals surface area (Å²) in [6, 6.07) is 162. The molecule has 0 spiro atoms. The van der Waals surface area contributed by atoms with Crippen LogP contribution >= 0.6 is 22.7 Å². The van der Waals surface area contributed by atoms with Gasteiger partial charge in [-0.3, -0.25) is 0 Å². The van der Waals surface area contributed by atoms with Gasteiger partial charge in [-0.05, 0) is 198 Å². The van der Waals surface area contributed by atoms with Crippen LogP contribution in [-0.4, -0.2) is 0 Å². The van der Waals surface area contributed by atoms with Gasteiger partial charge in [0.1, 0.15) is 0 Å². The lowest BCUT2D eigenvalue weighted by Gasteiger charge is -2.28. The number of rotatable bonds is 16. The molecule has 0 unspecified atom stereocenters. The molecule has 2 nitrogen and oxygen atoms in total. The molecular weight excluding hydrogens is 1390 g/mol. The molecule has 4 heteroatoms. The third-order valence-electron chi connectivity index (χ3n) is 21.4. The SMILES string of the molecule is c1ccc(-c2ccc(-c3cc(-c4ccc(N(c5ccc(-c6ccccc6)cc5)c5ccccc5-c5ccccc5)cc4)c4sc5ccccc5c4c3)cc2)cc1.c1ccc(-c2ccc(-c3ccc(N(c4ccccc4)c4ccc(-c5cc(-c6ccc(-c7ccccc7)cc6)cc6c5sc5ccccc56)cc4)cc3)cc2)cc1. The van der Waals surface area contributed by atoms with E-state index in [4.69, 9.17) is 0 Å². The van der Waals surface area contributed by atoms with Crippen LogP contribution in [0.1, 0.15) is 0 Å². The number of hydrogen-bond donors (Lipinski definition) is 0. The molecule has 20 aromatic rings. The van der Waals surface area contributed by atoms with Crippen LogP contribution in [0, 0.1) is 0 Å². The fraction of sp³-hybridized carbons (Fsp3) is 0. The van der Waals surface area contributed by atoms with E-state index >= 15 is 0 Å². The highest BCUT2D eigenvalue weighted by molar-refractivity contribution is 7.26. The number of benzene rings is 18. The Balaban J connectivity index is 0.000000151. The van der Waals surface area contributed by atoms with Gasteiger partial charge in [0, 0.05) is 85.5 Å². The Morgan fingerprint density at radius 3 is 0.723 bits per heavy atom. The molecular formula is C108H74N2S2. The summed E-state index contributed by atoms with van der Waals surface area (Å²) in [5.41, 5.74) is 31.0. The lowest BCUT2D eigenvalue weighted by atomic mass is 9.94. The molecule has 0 radical (unpaired) electrons. The van der Waals surface area contributed by atoms with E-state index in [1.54, 1.807) is 0 Å². The molecule has 2 heterocycles. The van der Waals surface area contributed by atoms with Gasteiger partial charge in [0.05, 0.1) is 5.69 Å². The molecule has 0 amide bonds. The lowest BCUT2D eigenvalue weighted by Crippen LogP contribution is -2.11. The molecule has 0 bridgehead atoms. The van der Waals surface area contributed by atoms with Crippen LogP contribution in [0.25, 0.3) is 152 Å². The van der Waals surface area contributed by atoms with Crippen LogP contribution in [-0.2, 0) is 0 Å². The van der Waals surface area contributed by atoms with E-state index in [0.717, 1.165) is 34.1 Å². The van der Waals surface area contributed by atoms with Crippen molar-refractivity contribution in [3.8, 4) is 111 Å². The van der Waals surface area contributed by atoms with Gasteiger partial charge in [-0.1, -0.05) is 346 Å². The summed E-state index contributed by atoms with van der Waals surface area (Å²) in [7, 11) is 0. The van der Waals surface area contributed by atoms with Gasteiger partial charge in [0.15, 0.2) is 0 Å². The van der Waals surface area contributed by atoms with Crippen molar-refractivity contribution in [2.45, 2.75) is 0 Å². The van der Waals surface area contributed by atoms with Crippen LogP contribution in [0.4, 0.5) is 34.1 Å². The Morgan fingerprint density at radius 2 is 0.375 bits per heavy atom. The van der Waals surface area contributed by atoms with Crippen molar-refractivity contribution in [3.63, 3.8) is 0 Å². The molecule has 0 N–H and O–H groups in total.